The van der Waals surface area contributed by atoms with Gasteiger partial charge in [-0.05, 0) is 13.8 Å². The summed E-state index contributed by atoms with van der Waals surface area (Å²) in [5, 5.41) is 3.10. The summed E-state index contributed by atoms with van der Waals surface area (Å²) in [7, 11) is 0. The number of hydrogen-bond donors (Lipinski definition) is 0. The highest BCUT2D eigenvalue weighted by Crippen LogP contribution is 2.22. The summed E-state index contributed by atoms with van der Waals surface area (Å²) in [6.07, 6.45) is -3.72. The molecule has 0 aliphatic carbocycles. The second-order valence-corrected chi connectivity index (χ2v) is 2.37. The van der Waals surface area contributed by atoms with Gasteiger partial charge in [0.25, 0.3) is 0 Å². The fourth-order valence-corrected chi connectivity index (χ4v) is 0.310. The third-order valence-electron chi connectivity index (χ3n) is 0.823. The third kappa shape index (κ3) is 4.15. The molecular weight excluding hydrogens is 178 g/mol. The van der Waals surface area contributed by atoms with Crippen LogP contribution in [0.5, 0.6) is 0 Å². The van der Waals surface area contributed by atoms with Gasteiger partial charge in [0.2, 0.25) is 0 Å². The summed E-state index contributed by atoms with van der Waals surface area (Å²) < 4.78 is 47.0. The van der Waals surface area contributed by atoms with E-state index < -0.39 is 19.0 Å². The monoisotopic (exact) mass is 187 g/mol. The molecule has 2 nitrogen and oxygen atoms in total. The highest BCUT2D eigenvalue weighted by atomic mass is 19.3. The number of rotatable bonds is 4. The van der Waals surface area contributed by atoms with Gasteiger partial charge in [-0.15, -0.1) is 0 Å². The van der Waals surface area contributed by atoms with Gasteiger partial charge < -0.3 is 4.84 Å². The summed E-state index contributed by atoms with van der Waals surface area (Å²) in [4.78, 5) is 3.98. The maximum Gasteiger partial charge on any atom is 0.343 e. The van der Waals surface area contributed by atoms with Crippen LogP contribution in [-0.4, -0.2) is 24.7 Å². The van der Waals surface area contributed by atoms with Gasteiger partial charge in [0.15, 0.2) is 6.61 Å². The van der Waals surface area contributed by atoms with Gasteiger partial charge in [0, 0.05) is 0 Å². The SMILES string of the molecule is CC(C)=NOCC(F)(F)C(F)F. The van der Waals surface area contributed by atoms with Crippen LogP contribution >= 0.6 is 0 Å². The Hall–Kier alpha value is -0.810. The van der Waals surface area contributed by atoms with Crippen LogP contribution in [0.15, 0.2) is 5.16 Å². The van der Waals surface area contributed by atoms with Crippen molar-refractivity contribution in [1.82, 2.24) is 0 Å². The van der Waals surface area contributed by atoms with E-state index in [1.165, 1.54) is 13.8 Å². The molecule has 0 atom stereocenters. The summed E-state index contributed by atoms with van der Waals surface area (Å²) in [5.41, 5.74) is 0.389. The summed E-state index contributed by atoms with van der Waals surface area (Å²) >= 11 is 0. The number of halogens is 4. The molecule has 0 saturated heterocycles. The van der Waals surface area contributed by atoms with Crippen molar-refractivity contribution >= 4 is 5.71 Å². The summed E-state index contributed by atoms with van der Waals surface area (Å²) in [5.74, 6) is -4.13. The Balaban J connectivity index is 3.84. The molecule has 0 N–H and O–H groups in total. The van der Waals surface area contributed by atoms with Crippen LogP contribution in [0.1, 0.15) is 13.8 Å². The van der Waals surface area contributed by atoms with Crippen molar-refractivity contribution in [3.8, 4) is 0 Å². The molecular formula is C6H9F4NO. The van der Waals surface area contributed by atoms with Gasteiger partial charge in [-0.2, -0.15) is 8.78 Å². The molecule has 0 aromatic heterocycles. The van der Waals surface area contributed by atoms with Crippen molar-refractivity contribution in [3.05, 3.63) is 0 Å². The zero-order chi connectivity index (χ0) is 9.78. The Morgan fingerprint density at radius 2 is 1.92 bits per heavy atom. The fourth-order valence-electron chi connectivity index (χ4n) is 0.310. The maximum absolute atomic E-state index is 12.1. The molecule has 0 aliphatic rings. The van der Waals surface area contributed by atoms with E-state index in [9.17, 15) is 17.6 Å². The molecule has 0 radical (unpaired) electrons. The lowest BCUT2D eigenvalue weighted by molar-refractivity contribution is -0.165. The molecule has 0 heterocycles. The van der Waals surface area contributed by atoms with Gasteiger partial charge in [0.1, 0.15) is 0 Å². The van der Waals surface area contributed by atoms with Crippen molar-refractivity contribution in [3.63, 3.8) is 0 Å². The van der Waals surface area contributed by atoms with Crippen LogP contribution in [0.3, 0.4) is 0 Å². The third-order valence-corrected chi connectivity index (χ3v) is 0.823. The van der Waals surface area contributed by atoms with Crippen LogP contribution in [0.25, 0.3) is 0 Å². The molecule has 0 aliphatic heterocycles. The van der Waals surface area contributed by atoms with E-state index in [1.54, 1.807) is 0 Å². The first-order chi connectivity index (χ1) is 5.36. The largest absolute Gasteiger partial charge is 0.389 e. The first-order valence-corrected chi connectivity index (χ1v) is 3.15. The van der Waals surface area contributed by atoms with Crippen molar-refractivity contribution in [1.29, 1.82) is 0 Å². The summed E-state index contributed by atoms with van der Waals surface area (Å²) in [6, 6.07) is 0. The standard InChI is InChI=1S/C6H9F4NO/c1-4(2)11-12-3-6(9,10)5(7)8/h5H,3H2,1-2H3. The highest BCUT2D eigenvalue weighted by Gasteiger charge is 2.41. The maximum atomic E-state index is 12.1. The van der Waals surface area contributed by atoms with Crippen LogP contribution in [0, 0.1) is 0 Å². The van der Waals surface area contributed by atoms with Gasteiger partial charge in [-0.3, -0.25) is 0 Å². The lowest BCUT2D eigenvalue weighted by Gasteiger charge is -2.12. The molecule has 0 saturated carbocycles. The molecule has 72 valence electrons. The minimum absolute atomic E-state index is 0.389. The molecule has 0 aromatic rings. The zero-order valence-corrected chi connectivity index (χ0v) is 6.65. The molecule has 0 rings (SSSR count). The van der Waals surface area contributed by atoms with E-state index in [1.807, 2.05) is 0 Å². The van der Waals surface area contributed by atoms with Gasteiger partial charge in [0.05, 0.1) is 5.71 Å². The second kappa shape index (κ2) is 4.27. The van der Waals surface area contributed by atoms with E-state index in [0.29, 0.717) is 5.71 Å². The van der Waals surface area contributed by atoms with E-state index >= 15 is 0 Å². The zero-order valence-electron chi connectivity index (χ0n) is 6.65. The van der Waals surface area contributed by atoms with E-state index in [-0.39, 0.29) is 0 Å². The molecule has 0 aromatic carbocycles. The van der Waals surface area contributed by atoms with E-state index in [2.05, 4.69) is 9.99 Å². The number of alkyl halides is 4. The van der Waals surface area contributed by atoms with Crippen LogP contribution in [0.4, 0.5) is 17.6 Å². The van der Waals surface area contributed by atoms with Crippen LogP contribution < -0.4 is 0 Å². The molecule has 0 fully saturated rings. The smallest absolute Gasteiger partial charge is 0.343 e. The Kier molecular flexibility index (Phi) is 3.99. The Labute approximate surface area is 67.2 Å². The number of hydrogen-bond acceptors (Lipinski definition) is 2. The topological polar surface area (TPSA) is 21.6 Å². The average Bonchev–Trinajstić information content (AvgIpc) is 1.85. The van der Waals surface area contributed by atoms with Crippen molar-refractivity contribution in [2.24, 2.45) is 5.16 Å². The quantitative estimate of drug-likeness (QED) is 0.376. The molecule has 0 unspecified atom stereocenters. The molecule has 0 spiro atoms. The van der Waals surface area contributed by atoms with E-state index in [0.717, 1.165) is 0 Å². The van der Waals surface area contributed by atoms with E-state index in [4.69, 9.17) is 0 Å². The van der Waals surface area contributed by atoms with Crippen molar-refractivity contribution in [2.45, 2.75) is 26.2 Å². The molecule has 6 heteroatoms. The minimum Gasteiger partial charge on any atom is -0.389 e. The average molecular weight is 187 g/mol. The van der Waals surface area contributed by atoms with Gasteiger partial charge in [-0.1, -0.05) is 5.16 Å². The van der Waals surface area contributed by atoms with Crippen LogP contribution in [0.2, 0.25) is 0 Å². The Morgan fingerprint density at radius 3 is 2.25 bits per heavy atom. The minimum atomic E-state index is -4.13. The predicted octanol–water partition coefficient (Wildman–Crippen LogP) is 2.30. The number of oxime groups is 1. The van der Waals surface area contributed by atoms with Crippen LogP contribution in [-0.2, 0) is 4.84 Å². The number of nitrogens with zero attached hydrogens (tertiary/aromatic N) is 1. The lowest BCUT2D eigenvalue weighted by Crippen LogP contribution is -2.31. The second-order valence-electron chi connectivity index (χ2n) is 2.37. The first kappa shape index (κ1) is 11.2. The lowest BCUT2D eigenvalue weighted by atomic mass is 10.4. The Bertz CT molecular complexity index is 165. The molecule has 0 bridgehead atoms. The van der Waals surface area contributed by atoms with Crippen molar-refractivity contribution in [2.75, 3.05) is 6.61 Å². The van der Waals surface area contributed by atoms with Crippen molar-refractivity contribution < 1.29 is 22.4 Å². The summed E-state index contributed by atoms with van der Waals surface area (Å²) in [6.45, 7) is 1.61. The molecule has 12 heavy (non-hydrogen) atoms. The van der Waals surface area contributed by atoms with Gasteiger partial charge >= 0.3 is 12.3 Å². The first-order valence-electron chi connectivity index (χ1n) is 3.15. The van der Waals surface area contributed by atoms with Gasteiger partial charge in [-0.25, -0.2) is 8.78 Å². The highest BCUT2D eigenvalue weighted by molar-refractivity contribution is 5.78. The predicted molar refractivity (Wildman–Crippen MR) is 35.7 cm³/mol. The normalized spacial score (nSPS) is 11.6. The molecule has 0 amide bonds. The Morgan fingerprint density at radius 1 is 1.42 bits per heavy atom. The fraction of sp³-hybridized carbons (Fsp3) is 0.833.